The molecule has 0 saturated carbocycles. The van der Waals surface area contributed by atoms with Crippen molar-refractivity contribution in [3.63, 3.8) is 0 Å². The summed E-state index contributed by atoms with van der Waals surface area (Å²) in [6.07, 6.45) is 0. The van der Waals surface area contributed by atoms with Gasteiger partial charge >= 0.3 is 0 Å². The minimum atomic E-state index is -0.843. The molecular weight excluding hydrogens is 206 g/mol. The lowest BCUT2D eigenvalue weighted by Crippen LogP contribution is -2.46. The molecule has 0 bridgehead atoms. The van der Waals surface area contributed by atoms with Gasteiger partial charge in [0.25, 0.3) is 5.91 Å². The maximum absolute atomic E-state index is 11.8. The van der Waals surface area contributed by atoms with E-state index in [4.69, 9.17) is 9.47 Å². The molecule has 16 heavy (non-hydrogen) atoms. The smallest absolute Gasteiger partial charge is 0.268 e. The Hall–Kier alpha value is -1.71. The van der Waals surface area contributed by atoms with Crippen molar-refractivity contribution in [2.45, 2.75) is 26.4 Å². The van der Waals surface area contributed by atoms with Crippen molar-refractivity contribution in [1.82, 2.24) is 0 Å². The normalized spacial score (nSPS) is 17.1. The van der Waals surface area contributed by atoms with Crippen molar-refractivity contribution in [2.24, 2.45) is 0 Å². The largest absolute Gasteiger partial charge is 0.494 e. The average Bonchev–Trinajstić information content (AvgIpc) is 2.22. The van der Waals surface area contributed by atoms with Gasteiger partial charge in [0.15, 0.2) is 11.4 Å². The topological polar surface area (TPSA) is 47.6 Å². The quantitative estimate of drug-likeness (QED) is 0.790. The molecule has 0 aromatic heterocycles. The summed E-state index contributed by atoms with van der Waals surface area (Å²) in [7, 11) is 1.57. The summed E-state index contributed by atoms with van der Waals surface area (Å²) in [4.78, 5) is 11.8. The van der Waals surface area contributed by atoms with Crippen LogP contribution in [-0.4, -0.2) is 18.6 Å². The zero-order chi connectivity index (χ0) is 11.9. The Balaban J connectivity index is 2.57. The van der Waals surface area contributed by atoms with E-state index >= 15 is 0 Å². The number of fused-ring (bicyclic) bond motifs is 1. The number of benzene rings is 1. The third-order valence-corrected chi connectivity index (χ3v) is 2.68. The van der Waals surface area contributed by atoms with Crippen LogP contribution >= 0.6 is 0 Å². The number of methoxy groups -OCH3 is 1. The minimum Gasteiger partial charge on any atom is -0.494 e. The van der Waals surface area contributed by atoms with E-state index in [-0.39, 0.29) is 5.91 Å². The number of anilines is 1. The number of nitrogens with one attached hydrogen (secondary N) is 1. The zero-order valence-corrected chi connectivity index (χ0v) is 9.88. The number of carbonyl (C=O) groups is 1. The molecule has 2 rings (SSSR count). The van der Waals surface area contributed by atoms with Gasteiger partial charge < -0.3 is 14.8 Å². The van der Waals surface area contributed by atoms with Gasteiger partial charge in [0.2, 0.25) is 0 Å². The van der Waals surface area contributed by atoms with Crippen LogP contribution in [0.1, 0.15) is 19.4 Å². The summed E-state index contributed by atoms with van der Waals surface area (Å²) < 4.78 is 10.9. The molecule has 0 fully saturated rings. The number of aryl methyl sites for hydroxylation is 1. The lowest BCUT2D eigenvalue weighted by Gasteiger charge is -2.33. The molecule has 0 unspecified atom stereocenters. The van der Waals surface area contributed by atoms with Crippen molar-refractivity contribution >= 4 is 11.6 Å². The van der Waals surface area contributed by atoms with E-state index in [1.54, 1.807) is 21.0 Å². The van der Waals surface area contributed by atoms with E-state index in [0.717, 1.165) is 5.56 Å². The first-order chi connectivity index (χ1) is 7.45. The molecule has 1 amide bonds. The highest BCUT2D eigenvalue weighted by atomic mass is 16.5. The first-order valence-electron chi connectivity index (χ1n) is 5.14. The number of ether oxygens (including phenoxy) is 2. The second-order valence-corrected chi connectivity index (χ2v) is 4.36. The standard InChI is InChI=1S/C12H15NO3/c1-7-5-6-8(15-4)9-10(7)16-12(2,3)11(14)13-9/h5-6H,1-4H3,(H,13,14). The highest BCUT2D eigenvalue weighted by Gasteiger charge is 2.37. The molecular formula is C12H15NO3. The molecule has 0 saturated heterocycles. The van der Waals surface area contributed by atoms with Crippen LogP contribution in [0.2, 0.25) is 0 Å². The van der Waals surface area contributed by atoms with E-state index in [0.29, 0.717) is 17.2 Å². The third-order valence-electron chi connectivity index (χ3n) is 2.68. The Morgan fingerprint density at radius 3 is 2.69 bits per heavy atom. The van der Waals surface area contributed by atoms with Crippen molar-refractivity contribution in [3.05, 3.63) is 17.7 Å². The Bertz CT molecular complexity index is 452. The number of rotatable bonds is 1. The summed E-state index contributed by atoms with van der Waals surface area (Å²) >= 11 is 0. The summed E-state index contributed by atoms with van der Waals surface area (Å²) in [5.41, 5.74) is 0.750. The van der Waals surface area contributed by atoms with E-state index in [1.165, 1.54) is 0 Å². The van der Waals surface area contributed by atoms with E-state index in [9.17, 15) is 4.79 Å². The van der Waals surface area contributed by atoms with Gasteiger partial charge in [0.05, 0.1) is 7.11 Å². The van der Waals surface area contributed by atoms with Gasteiger partial charge in [-0.15, -0.1) is 0 Å². The molecule has 0 aliphatic carbocycles. The van der Waals surface area contributed by atoms with Crippen LogP contribution in [-0.2, 0) is 4.79 Å². The fraction of sp³-hybridized carbons (Fsp3) is 0.417. The molecule has 86 valence electrons. The maximum atomic E-state index is 11.8. The number of amides is 1. The molecule has 1 aromatic carbocycles. The van der Waals surface area contributed by atoms with Gasteiger partial charge in [-0.25, -0.2) is 0 Å². The van der Waals surface area contributed by atoms with Crippen LogP contribution in [0.3, 0.4) is 0 Å². The minimum absolute atomic E-state index is 0.163. The fourth-order valence-electron chi connectivity index (χ4n) is 1.65. The molecule has 1 N–H and O–H groups in total. The average molecular weight is 221 g/mol. The van der Waals surface area contributed by atoms with Crippen molar-refractivity contribution in [2.75, 3.05) is 12.4 Å². The van der Waals surface area contributed by atoms with Gasteiger partial charge in [-0.05, 0) is 32.4 Å². The number of hydrogen-bond donors (Lipinski definition) is 1. The summed E-state index contributed by atoms with van der Waals surface area (Å²) in [5, 5.41) is 2.82. The number of carbonyl (C=O) groups excluding carboxylic acids is 1. The number of hydrogen-bond acceptors (Lipinski definition) is 3. The molecule has 4 nitrogen and oxygen atoms in total. The Kier molecular flexibility index (Phi) is 2.30. The van der Waals surface area contributed by atoms with Crippen molar-refractivity contribution in [1.29, 1.82) is 0 Å². The van der Waals surface area contributed by atoms with Crippen LogP contribution in [0, 0.1) is 6.92 Å². The van der Waals surface area contributed by atoms with Crippen LogP contribution < -0.4 is 14.8 Å². The van der Waals surface area contributed by atoms with E-state index in [1.807, 2.05) is 19.1 Å². The van der Waals surface area contributed by atoms with Crippen molar-refractivity contribution in [3.8, 4) is 11.5 Å². The van der Waals surface area contributed by atoms with Crippen molar-refractivity contribution < 1.29 is 14.3 Å². The maximum Gasteiger partial charge on any atom is 0.268 e. The van der Waals surface area contributed by atoms with Gasteiger partial charge in [-0.3, -0.25) is 4.79 Å². The Morgan fingerprint density at radius 1 is 1.38 bits per heavy atom. The molecule has 1 aliphatic rings. The van der Waals surface area contributed by atoms with Crippen LogP contribution in [0.15, 0.2) is 12.1 Å². The molecule has 1 aliphatic heterocycles. The molecule has 1 aromatic rings. The first kappa shape index (κ1) is 10.8. The molecule has 4 heteroatoms. The lowest BCUT2D eigenvalue weighted by atomic mass is 10.0. The Labute approximate surface area is 94.6 Å². The van der Waals surface area contributed by atoms with E-state index < -0.39 is 5.60 Å². The molecule has 0 radical (unpaired) electrons. The summed E-state index contributed by atoms with van der Waals surface area (Å²) in [6, 6.07) is 3.72. The van der Waals surface area contributed by atoms with Crippen LogP contribution in [0.4, 0.5) is 5.69 Å². The lowest BCUT2D eigenvalue weighted by molar-refractivity contribution is -0.129. The predicted molar refractivity (Wildman–Crippen MR) is 61.1 cm³/mol. The monoisotopic (exact) mass is 221 g/mol. The van der Waals surface area contributed by atoms with Gasteiger partial charge in [0, 0.05) is 0 Å². The second-order valence-electron chi connectivity index (χ2n) is 4.36. The highest BCUT2D eigenvalue weighted by Crippen LogP contribution is 2.42. The SMILES string of the molecule is COc1ccc(C)c2c1NC(=O)C(C)(C)O2. The predicted octanol–water partition coefficient (Wildman–Crippen LogP) is 2.11. The Morgan fingerprint density at radius 2 is 2.06 bits per heavy atom. The molecule has 0 atom stereocenters. The second kappa shape index (κ2) is 3.40. The van der Waals surface area contributed by atoms with Gasteiger partial charge in [-0.2, -0.15) is 0 Å². The fourth-order valence-corrected chi connectivity index (χ4v) is 1.65. The van der Waals surface area contributed by atoms with Crippen LogP contribution in [0.5, 0.6) is 11.5 Å². The van der Waals surface area contributed by atoms with Gasteiger partial charge in [0.1, 0.15) is 11.4 Å². The van der Waals surface area contributed by atoms with Crippen LogP contribution in [0.25, 0.3) is 0 Å². The first-order valence-corrected chi connectivity index (χ1v) is 5.14. The summed E-state index contributed by atoms with van der Waals surface area (Å²) in [6.45, 7) is 5.42. The zero-order valence-electron chi connectivity index (χ0n) is 9.88. The summed E-state index contributed by atoms with van der Waals surface area (Å²) in [5.74, 6) is 1.14. The molecule has 0 spiro atoms. The highest BCUT2D eigenvalue weighted by molar-refractivity contribution is 6.01. The van der Waals surface area contributed by atoms with Gasteiger partial charge in [-0.1, -0.05) is 6.07 Å². The molecule has 1 heterocycles. The van der Waals surface area contributed by atoms with E-state index in [2.05, 4.69) is 5.32 Å². The third kappa shape index (κ3) is 1.50.